The van der Waals surface area contributed by atoms with Crippen molar-refractivity contribution in [2.45, 2.75) is 26.8 Å². The Morgan fingerprint density at radius 2 is 1.82 bits per heavy atom. The molecule has 116 valence electrons. The zero-order valence-electron chi connectivity index (χ0n) is 13.5. The standard InChI is InChI=1S/C19H23NO2/c1-15(2)12-19(21)20(17-9-5-4-6-10-17)14-16-8-7-11-18(13-16)22-3/h4-11,13,15H,12,14H2,1-3H3. The van der Waals surface area contributed by atoms with Crippen LogP contribution in [0.3, 0.4) is 0 Å². The summed E-state index contributed by atoms with van der Waals surface area (Å²) >= 11 is 0. The van der Waals surface area contributed by atoms with Crippen LogP contribution in [0.2, 0.25) is 0 Å². The zero-order chi connectivity index (χ0) is 15.9. The van der Waals surface area contributed by atoms with Crippen LogP contribution in [0.25, 0.3) is 0 Å². The normalized spacial score (nSPS) is 10.5. The second-order valence-electron chi connectivity index (χ2n) is 5.76. The number of ether oxygens (including phenoxy) is 1. The number of nitrogens with zero attached hydrogens (tertiary/aromatic N) is 1. The number of carbonyl (C=O) groups excluding carboxylic acids is 1. The number of hydrogen-bond acceptors (Lipinski definition) is 2. The van der Waals surface area contributed by atoms with E-state index in [0.29, 0.717) is 18.9 Å². The van der Waals surface area contributed by atoms with Crippen molar-refractivity contribution in [1.82, 2.24) is 0 Å². The van der Waals surface area contributed by atoms with Gasteiger partial charge in [0.2, 0.25) is 5.91 Å². The van der Waals surface area contributed by atoms with Gasteiger partial charge in [-0.25, -0.2) is 0 Å². The van der Waals surface area contributed by atoms with Crippen LogP contribution in [-0.4, -0.2) is 13.0 Å². The smallest absolute Gasteiger partial charge is 0.227 e. The highest BCUT2D eigenvalue weighted by Crippen LogP contribution is 2.21. The van der Waals surface area contributed by atoms with Crippen LogP contribution in [0.15, 0.2) is 54.6 Å². The van der Waals surface area contributed by atoms with Crippen molar-refractivity contribution in [3.05, 3.63) is 60.2 Å². The summed E-state index contributed by atoms with van der Waals surface area (Å²) in [6.45, 7) is 4.67. The van der Waals surface area contributed by atoms with Gasteiger partial charge in [-0.1, -0.05) is 44.2 Å². The van der Waals surface area contributed by atoms with E-state index in [4.69, 9.17) is 4.74 Å². The fraction of sp³-hybridized carbons (Fsp3) is 0.316. The SMILES string of the molecule is COc1cccc(CN(C(=O)CC(C)C)c2ccccc2)c1. The van der Waals surface area contributed by atoms with Crippen molar-refractivity contribution in [1.29, 1.82) is 0 Å². The van der Waals surface area contributed by atoms with Crippen LogP contribution in [0, 0.1) is 5.92 Å². The predicted octanol–water partition coefficient (Wildman–Crippen LogP) is 4.27. The van der Waals surface area contributed by atoms with Crippen LogP contribution in [0.1, 0.15) is 25.8 Å². The second-order valence-corrected chi connectivity index (χ2v) is 5.76. The molecule has 2 aromatic rings. The van der Waals surface area contributed by atoms with Gasteiger partial charge in [0.1, 0.15) is 5.75 Å². The Kier molecular flexibility index (Phi) is 5.59. The molecule has 0 aliphatic heterocycles. The molecule has 1 amide bonds. The number of carbonyl (C=O) groups is 1. The number of anilines is 1. The molecule has 0 aliphatic rings. The molecule has 0 aromatic heterocycles. The second kappa shape index (κ2) is 7.64. The van der Waals surface area contributed by atoms with E-state index < -0.39 is 0 Å². The predicted molar refractivity (Wildman–Crippen MR) is 90.1 cm³/mol. The van der Waals surface area contributed by atoms with Crippen molar-refractivity contribution in [3.8, 4) is 5.75 Å². The van der Waals surface area contributed by atoms with Crippen LogP contribution in [-0.2, 0) is 11.3 Å². The van der Waals surface area contributed by atoms with Crippen molar-refractivity contribution in [2.24, 2.45) is 5.92 Å². The minimum Gasteiger partial charge on any atom is -0.497 e. The van der Waals surface area contributed by atoms with E-state index in [0.717, 1.165) is 17.0 Å². The summed E-state index contributed by atoms with van der Waals surface area (Å²) in [7, 11) is 1.65. The first kappa shape index (κ1) is 16.1. The Hall–Kier alpha value is -2.29. The van der Waals surface area contributed by atoms with Gasteiger partial charge in [0.25, 0.3) is 0 Å². The Balaban J connectivity index is 2.26. The van der Waals surface area contributed by atoms with Crippen LogP contribution >= 0.6 is 0 Å². The first-order chi connectivity index (χ1) is 10.6. The molecule has 3 nitrogen and oxygen atoms in total. The van der Waals surface area contributed by atoms with E-state index >= 15 is 0 Å². The van der Waals surface area contributed by atoms with Crippen molar-refractivity contribution >= 4 is 11.6 Å². The molecule has 0 heterocycles. The van der Waals surface area contributed by atoms with E-state index in [1.807, 2.05) is 59.5 Å². The highest BCUT2D eigenvalue weighted by Gasteiger charge is 2.17. The minimum atomic E-state index is 0.143. The first-order valence-electron chi connectivity index (χ1n) is 7.58. The van der Waals surface area contributed by atoms with Crippen LogP contribution in [0.4, 0.5) is 5.69 Å². The lowest BCUT2D eigenvalue weighted by atomic mass is 10.1. The zero-order valence-corrected chi connectivity index (χ0v) is 13.5. The van der Waals surface area contributed by atoms with E-state index in [-0.39, 0.29) is 5.91 Å². The molecule has 2 aromatic carbocycles. The highest BCUT2D eigenvalue weighted by atomic mass is 16.5. The highest BCUT2D eigenvalue weighted by molar-refractivity contribution is 5.93. The summed E-state index contributed by atoms with van der Waals surface area (Å²) in [6.07, 6.45) is 0.541. The Morgan fingerprint density at radius 3 is 2.45 bits per heavy atom. The molecule has 0 radical (unpaired) electrons. The summed E-state index contributed by atoms with van der Waals surface area (Å²) < 4.78 is 5.26. The summed E-state index contributed by atoms with van der Waals surface area (Å²) in [6, 6.07) is 17.7. The fourth-order valence-electron chi connectivity index (χ4n) is 2.34. The van der Waals surface area contributed by atoms with Crippen LogP contribution < -0.4 is 9.64 Å². The lowest BCUT2D eigenvalue weighted by Gasteiger charge is -2.24. The van der Waals surface area contributed by atoms with Gasteiger partial charge >= 0.3 is 0 Å². The molecule has 0 spiro atoms. The van der Waals surface area contributed by atoms with Gasteiger partial charge in [0.15, 0.2) is 0 Å². The molecular formula is C19H23NO2. The largest absolute Gasteiger partial charge is 0.497 e. The van der Waals surface area contributed by atoms with Gasteiger partial charge in [-0.05, 0) is 35.7 Å². The molecule has 0 saturated heterocycles. The molecule has 0 fully saturated rings. The maximum absolute atomic E-state index is 12.6. The minimum absolute atomic E-state index is 0.143. The average Bonchev–Trinajstić information content (AvgIpc) is 2.53. The van der Waals surface area contributed by atoms with Gasteiger partial charge in [-0.3, -0.25) is 4.79 Å². The lowest BCUT2D eigenvalue weighted by molar-refractivity contribution is -0.119. The molecule has 0 bridgehead atoms. The van der Waals surface area contributed by atoms with Gasteiger partial charge in [0.05, 0.1) is 13.7 Å². The van der Waals surface area contributed by atoms with Crippen molar-refractivity contribution in [2.75, 3.05) is 12.0 Å². The van der Waals surface area contributed by atoms with E-state index in [2.05, 4.69) is 13.8 Å². The van der Waals surface area contributed by atoms with E-state index in [1.165, 1.54) is 0 Å². The Morgan fingerprint density at radius 1 is 1.09 bits per heavy atom. The van der Waals surface area contributed by atoms with Gasteiger partial charge < -0.3 is 9.64 Å². The van der Waals surface area contributed by atoms with Crippen molar-refractivity contribution in [3.63, 3.8) is 0 Å². The summed E-state index contributed by atoms with van der Waals surface area (Å²) in [5.41, 5.74) is 1.98. The molecule has 0 saturated carbocycles. The number of para-hydroxylation sites is 1. The monoisotopic (exact) mass is 297 g/mol. The summed E-state index contributed by atoms with van der Waals surface area (Å²) in [5, 5.41) is 0. The number of methoxy groups -OCH3 is 1. The Bertz CT molecular complexity index is 608. The molecule has 0 N–H and O–H groups in total. The van der Waals surface area contributed by atoms with Crippen LogP contribution in [0.5, 0.6) is 5.75 Å². The molecule has 0 atom stereocenters. The third-order valence-electron chi connectivity index (χ3n) is 3.43. The van der Waals surface area contributed by atoms with Gasteiger partial charge in [-0.2, -0.15) is 0 Å². The van der Waals surface area contributed by atoms with E-state index in [9.17, 15) is 4.79 Å². The maximum atomic E-state index is 12.6. The topological polar surface area (TPSA) is 29.5 Å². The molecule has 0 unspecified atom stereocenters. The number of amides is 1. The summed E-state index contributed by atoms with van der Waals surface area (Å²) in [4.78, 5) is 14.4. The number of hydrogen-bond donors (Lipinski definition) is 0. The number of rotatable bonds is 6. The fourth-order valence-corrected chi connectivity index (χ4v) is 2.34. The average molecular weight is 297 g/mol. The third-order valence-corrected chi connectivity index (χ3v) is 3.43. The molecule has 0 aliphatic carbocycles. The van der Waals surface area contributed by atoms with Gasteiger partial charge in [-0.15, -0.1) is 0 Å². The molecular weight excluding hydrogens is 274 g/mol. The number of benzene rings is 2. The lowest BCUT2D eigenvalue weighted by Crippen LogP contribution is -2.31. The summed E-state index contributed by atoms with van der Waals surface area (Å²) in [5.74, 6) is 1.29. The van der Waals surface area contributed by atoms with E-state index in [1.54, 1.807) is 7.11 Å². The van der Waals surface area contributed by atoms with Crippen molar-refractivity contribution < 1.29 is 9.53 Å². The molecule has 2 rings (SSSR count). The molecule has 3 heteroatoms. The molecule has 22 heavy (non-hydrogen) atoms. The third kappa shape index (κ3) is 4.35. The quantitative estimate of drug-likeness (QED) is 0.796. The maximum Gasteiger partial charge on any atom is 0.227 e. The first-order valence-corrected chi connectivity index (χ1v) is 7.58. The van der Waals surface area contributed by atoms with Gasteiger partial charge in [0, 0.05) is 12.1 Å². The Labute approximate surface area is 132 Å².